The molecule has 1 unspecified atom stereocenters. The fraction of sp³-hybridized carbons (Fsp3) is 0.467. The number of nitrogens with zero attached hydrogens (tertiary/aromatic N) is 5. The Morgan fingerprint density at radius 1 is 1.14 bits per heavy atom. The maximum absolute atomic E-state index is 13.5. The second-order valence-corrected chi connectivity index (χ2v) is 11.7. The van der Waals surface area contributed by atoms with Gasteiger partial charge >= 0.3 is 12.3 Å². The molecule has 1 aliphatic rings. The van der Waals surface area contributed by atoms with Gasteiger partial charge in [0.2, 0.25) is 0 Å². The van der Waals surface area contributed by atoms with Crippen molar-refractivity contribution in [1.29, 1.82) is 5.53 Å². The molecular formula is C30H38F3N7O3. The highest BCUT2D eigenvalue weighted by atomic mass is 19.4. The second kappa shape index (κ2) is 12.7. The number of nitrogens with two attached hydrogens (primary N) is 1. The second-order valence-electron chi connectivity index (χ2n) is 11.7. The number of halogens is 3. The zero-order chi connectivity index (χ0) is 31.5. The number of hydrazone groups is 1. The van der Waals surface area contributed by atoms with Crippen molar-refractivity contribution in [3.8, 4) is 5.75 Å². The van der Waals surface area contributed by atoms with Crippen molar-refractivity contribution >= 4 is 22.8 Å². The molecule has 2 aromatic carbocycles. The molecule has 3 aromatic rings. The number of benzene rings is 2. The van der Waals surface area contributed by atoms with Crippen LogP contribution < -0.4 is 10.6 Å². The summed E-state index contributed by atoms with van der Waals surface area (Å²) in [5.41, 5.74) is 10.3. The number of nitrogens with one attached hydrogen (secondary N) is 1. The van der Waals surface area contributed by atoms with Crippen LogP contribution in [0.2, 0.25) is 0 Å². The van der Waals surface area contributed by atoms with Crippen LogP contribution in [0.5, 0.6) is 5.75 Å². The third-order valence-electron chi connectivity index (χ3n) is 7.38. The van der Waals surface area contributed by atoms with Crippen molar-refractivity contribution in [3.05, 3.63) is 64.8 Å². The van der Waals surface area contributed by atoms with E-state index < -0.39 is 30.5 Å². The van der Waals surface area contributed by atoms with Gasteiger partial charge in [0, 0.05) is 48.4 Å². The lowest BCUT2D eigenvalue weighted by molar-refractivity contribution is -0.146. The van der Waals surface area contributed by atoms with Crippen molar-refractivity contribution in [2.24, 2.45) is 16.1 Å². The van der Waals surface area contributed by atoms with Gasteiger partial charge in [-0.2, -0.15) is 18.3 Å². The summed E-state index contributed by atoms with van der Waals surface area (Å²) in [4.78, 5) is 16.6. The number of rotatable bonds is 6. The number of fused-ring (bicyclic) bond motifs is 1. The Morgan fingerprint density at radius 3 is 2.42 bits per heavy atom. The molecule has 1 atom stereocenters. The van der Waals surface area contributed by atoms with Crippen LogP contribution >= 0.6 is 0 Å². The zero-order valence-corrected chi connectivity index (χ0v) is 25.0. The molecule has 3 N–H and O–H groups in total. The molecule has 10 nitrogen and oxygen atoms in total. The SMILES string of the molecule is COc1cc(C)c2c(ccn2C(=O)OC(C)(C)C)c1CN1CCCN(CC(F)(F)F)CC1c1ccc(/C(N=N)=N/N)cc1. The van der Waals surface area contributed by atoms with E-state index in [-0.39, 0.29) is 12.4 Å². The number of carbonyl (C=O) groups excluding carboxylic acids is 1. The molecule has 1 saturated heterocycles. The summed E-state index contributed by atoms with van der Waals surface area (Å²) >= 11 is 0. The van der Waals surface area contributed by atoms with E-state index in [4.69, 9.17) is 20.8 Å². The minimum absolute atomic E-state index is 0.0456. The first-order chi connectivity index (χ1) is 20.2. The Balaban J connectivity index is 1.77. The molecular weight excluding hydrogens is 563 g/mol. The fourth-order valence-electron chi connectivity index (χ4n) is 5.60. The monoisotopic (exact) mass is 601 g/mol. The molecule has 0 saturated carbocycles. The summed E-state index contributed by atoms with van der Waals surface area (Å²) in [5.74, 6) is 6.01. The van der Waals surface area contributed by atoms with Crippen LogP contribution in [0.1, 0.15) is 55.5 Å². The molecule has 1 aliphatic heterocycles. The van der Waals surface area contributed by atoms with Gasteiger partial charge in [0.05, 0.1) is 19.2 Å². The Labute approximate surface area is 248 Å². The Bertz CT molecular complexity index is 1490. The van der Waals surface area contributed by atoms with E-state index in [0.29, 0.717) is 42.9 Å². The number of hydrogen-bond donors (Lipinski definition) is 2. The molecule has 0 amide bonds. The highest BCUT2D eigenvalue weighted by Gasteiger charge is 2.35. The van der Waals surface area contributed by atoms with Crippen LogP contribution in [-0.4, -0.2) is 71.4 Å². The molecule has 1 fully saturated rings. The van der Waals surface area contributed by atoms with Crippen LogP contribution in [0.15, 0.2) is 52.8 Å². The van der Waals surface area contributed by atoms with Crippen LogP contribution in [0, 0.1) is 12.5 Å². The Hall–Kier alpha value is -3.97. The Kier molecular flexibility index (Phi) is 9.45. The number of amidine groups is 1. The van der Waals surface area contributed by atoms with Crippen molar-refractivity contribution in [3.63, 3.8) is 0 Å². The summed E-state index contributed by atoms with van der Waals surface area (Å²) in [6, 6.07) is 10.3. The normalized spacial score (nSPS) is 17.6. The molecule has 43 heavy (non-hydrogen) atoms. The van der Waals surface area contributed by atoms with Crippen LogP contribution in [0.4, 0.5) is 18.0 Å². The van der Waals surface area contributed by atoms with Gasteiger partial charge in [-0.05, 0) is 63.9 Å². The van der Waals surface area contributed by atoms with E-state index in [1.54, 1.807) is 58.3 Å². The summed E-state index contributed by atoms with van der Waals surface area (Å²) in [6.45, 7) is 7.63. The van der Waals surface area contributed by atoms with E-state index in [1.165, 1.54) is 9.47 Å². The van der Waals surface area contributed by atoms with Gasteiger partial charge < -0.3 is 15.3 Å². The predicted molar refractivity (Wildman–Crippen MR) is 157 cm³/mol. The number of carbonyl (C=O) groups is 1. The van der Waals surface area contributed by atoms with Gasteiger partial charge in [-0.1, -0.05) is 24.3 Å². The van der Waals surface area contributed by atoms with E-state index in [2.05, 4.69) is 15.1 Å². The molecule has 232 valence electrons. The van der Waals surface area contributed by atoms with Gasteiger partial charge in [0.15, 0.2) is 5.84 Å². The number of alkyl halides is 3. The van der Waals surface area contributed by atoms with Crippen molar-refractivity contribution in [1.82, 2.24) is 14.4 Å². The quantitative estimate of drug-likeness (QED) is 0.114. The molecule has 0 bridgehead atoms. The smallest absolute Gasteiger partial charge is 0.419 e. The zero-order valence-electron chi connectivity index (χ0n) is 25.0. The third-order valence-corrected chi connectivity index (χ3v) is 7.38. The number of ether oxygens (including phenoxy) is 2. The molecule has 13 heteroatoms. The van der Waals surface area contributed by atoms with Gasteiger partial charge in [-0.25, -0.2) is 10.3 Å². The van der Waals surface area contributed by atoms with Gasteiger partial charge in [-0.3, -0.25) is 14.4 Å². The number of aryl methyl sites for hydroxylation is 1. The van der Waals surface area contributed by atoms with E-state index in [1.807, 2.05) is 19.1 Å². The van der Waals surface area contributed by atoms with E-state index in [0.717, 1.165) is 22.1 Å². The number of methoxy groups -OCH3 is 1. The standard InChI is InChI=1S/C30H38F3N7O3/c1-19-15-25(42-5)23(22-11-14-40(26(19)22)28(41)43-29(2,3)4)16-39-13-6-12-38(18-30(31,32)33)17-24(39)20-7-9-21(10-8-20)27(36-34)37-35/h7-11,14-15,24,34H,6,12-13,16-18,35H2,1-5H3/b36-34?,37-27-. The van der Waals surface area contributed by atoms with Gasteiger partial charge in [0.1, 0.15) is 11.4 Å². The first-order valence-corrected chi connectivity index (χ1v) is 13.9. The maximum atomic E-state index is 13.5. The highest BCUT2D eigenvalue weighted by Crippen LogP contribution is 2.36. The highest BCUT2D eigenvalue weighted by molar-refractivity contribution is 5.98. The topological polar surface area (TPSA) is 122 Å². The molecule has 4 rings (SSSR count). The average Bonchev–Trinajstić information content (AvgIpc) is 3.29. The van der Waals surface area contributed by atoms with Gasteiger partial charge in [0.25, 0.3) is 0 Å². The molecule has 2 heterocycles. The van der Waals surface area contributed by atoms with Gasteiger partial charge in [-0.15, -0.1) is 5.11 Å². The van der Waals surface area contributed by atoms with E-state index in [9.17, 15) is 18.0 Å². The lowest BCUT2D eigenvalue weighted by Crippen LogP contribution is -2.39. The van der Waals surface area contributed by atoms with Crippen LogP contribution in [-0.2, 0) is 11.3 Å². The summed E-state index contributed by atoms with van der Waals surface area (Å²) in [5, 5.41) is 7.64. The maximum Gasteiger partial charge on any atom is 0.419 e. The lowest BCUT2D eigenvalue weighted by Gasteiger charge is -2.33. The van der Waals surface area contributed by atoms with Crippen molar-refractivity contribution in [2.75, 3.05) is 33.3 Å². The minimum Gasteiger partial charge on any atom is -0.496 e. The lowest BCUT2D eigenvalue weighted by atomic mass is 10.00. The summed E-state index contributed by atoms with van der Waals surface area (Å²) in [7, 11) is 1.58. The number of hydrogen-bond acceptors (Lipinski definition) is 8. The molecule has 0 radical (unpaired) electrons. The van der Waals surface area contributed by atoms with E-state index >= 15 is 0 Å². The minimum atomic E-state index is -4.33. The van der Waals surface area contributed by atoms with Crippen LogP contribution in [0.25, 0.3) is 10.9 Å². The predicted octanol–water partition coefficient (Wildman–Crippen LogP) is 6.20. The summed E-state index contributed by atoms with van der Waals surface area (Å²) < 4.78 is 53.3. The first-order valence-electron chi connectivity index (χ1n) is 13.9. The Morgan fingerprint density at radius 2 is 1.84 bits per heavy atom. The molecule has 0 spiro atoms. The van der Waals surface area contributed by atoms with Crippen LogP contribution in [0.3, 0.4) is 0 Å². The third kappa shape index (κ3) is 7.52. The first kappa shape index (κ1) is 32.0. The van der Waals surface area contributed by atoms with Crippen molar-refractivity contribution < 1.29 is 27.4 Å². The largest absolute Gasteiger partial charge is 0.496 e. The van der Waals surface area contributed by atoms with Crippen molar-refractivity contribution in [2.45, 2.75) is 58.5 Å². The fourth-order valence-corrected chi connectivity index (χ4v) is 5.60. The average molecular weight is 602 g/mol. The molecule has 0 aliphatic carbocycles. The number of aromatic nitrogens is 1. The molecule has 1 aromatic heterocycles. The summed E-state index contributed by atoms with van der Waals surface area (Å²) in [6.07, 6.45) is -2.63.